The van der Waals surface area contributed by atoms with Gasteiger partial charge in [-0.1, -0.05) is 6.07 Å². The largest absolute Gasteiger partial charge is 0.453 e. The number of halogens is 1. The van der Waals surface area contributed by atoms with Gasteiger partial charge in [-0.2, -0.15) is 25.3 Å². The summed E-state index contributed by atoms with van der Waals surface area (Å²) in [6, 6.07) is 4.75. The Balaban J connectivity index is 2.39. The number of carbonyl (C=O) groups is 1. The fourth-order valence-electron chi connectivity index (χ4n) is 3.23. The van der Waals surface area contributed by atoms with Crippen LogP contribution in [0.15, 0.2) is 45.0 Å². The molecule has 0 amide bonds. The first-order chi connectivity index (χ1) is 13.6. The van der Waals surface area contributed by atoms with Crippen LogP contribution in [0.2, 0.25) is 0 Å². The maximum atomic E-state index is 11.7. The highest BCUT2D eigenvalue weighted by molar-refractivity contribution is 7.89. The summed E-state index contributed by atoms with van der Waals surface area (Å²) in [5.41, 5.74) is -0.850. The minimum atomic E-state index is -5.14. The standard InChI is InChI=1S/C15H11ClO11S3/c16-15(17)27-6-12-8-2-1-7(28(18,19)20)3-9(8)10-4-13(29(21,22)23)14(5-11(10)12)30(24,25)26/h1-5,12H,6H2,(H,18,19,20)(H,21,22,23)(H,24,25,26). The van der Waals surface area contributed by atoms with Gasteiger partial charge in [0.25, 0.3) is 30.4 Å². The van der Waals surface area contributed by atoms with Crippen molar-refractivity contribution in [2.75, 3.05) is 6.61 Å². The van der Waals surface area contributed by atoms with E-state index in [2.05, 4.69) is 0 Å². The highest BCUT2D eigenvalue weighted by atomic mass is 35.5. The van der Waals surface area contributed by atoms with Gasteiger partial charge in [-0.15, -0.1) is 0 Å². The highest BCUT2D eigenvalue weighted by Crippen LogP contribution is 2.48. The first-order valence-corrected chi connectivity index (χ1v) is 12.4. The van der Waals surface area contributed by atoms with Crippen LogP contribution in [0.25, 0.3) is 11.1 Å². The van der Waals surface area contributed by atoms with Gasteiger partial charge in [0.15, 0.2) is 0 Å². The molecule has 1 atom stereocenters. The zero-order valence-electron chi connectivity index (χ0n) is 14.4. The van der Waals surface area contributed by atoms with Crippen LogP contribution in [-0.4, -0.2) is 50.9 Å². The lowest BCUT2D eigenvalue weighted by Gasteiger charge is -2.14. The topological polar surface area (TPSA) is 189 Å². The third kappa shape index (κ3) is 4.20. The zero-order chi connectivity index (χ0) is 22.6. The molecule has 0 saturated heterocycles. The van der Waals surface area contributed by atoms with Crippen LogP contribution >= 0.6 is 11.6 Å². The van der Waals surface area contributed by atoms with E-state index in [4.69, 9.17) is 16.3 Å². The fraction of sp³-hybridized carbons (Fsp3) is 0.133. The third-order valence-electron chi connectivity index (χ3n) is 4.40. The summed E-state index contributed by atoms with van der Waals surface area (Å²) in [5, 5.41) is 0. The summed E-state index contributed by atoms with van der Waals surface area (Å²) < 4.78 is 103. The molecule has 0 radical (unpaired) electrons. The Morgan fingerprint density at radius 2 is 1.37 bits per heavy atom. The SMILES string of the molecule is O=C(Cl)OCC1c2ccc(S(=O)(=O)O)cc2-c2cc(S(=O)(=O)O)c(S(=O)(=O)O)cc21. The van der Waals surface area contributed by atoms with E-state index in [1.165, 1.54) is 6.07 Å². The average molecular weight is 499 g/mol. The van der Waals surface area contributed by atoms with E-state index < -0.39 is 63.0 Å². The molecule has 0 aliphatic heterocycles. The molecule has 0 heterocycles. The molecule has 0 spiro atoms. The molecule has 2 aromatic rings. The normalized spacial score (nSPS) is 16.1. The van der Waals surface area contributed by atoms with E-state index in [1.54, 1.807) is 0 Å². The van der Waals surface area contributed by atoms with Gasteiger partial charge in [-0.25, -0.2) is 4.79 Å². The minimum absolute atomic E-state index is 0.0360. The predicted octanol–water partition coefficient (Wildman–Crippen LogP) is 1.91. The summed E-state index contributed by atoms with van der Waals surface area (Å²) >= 11 is 5.16. The number of benzene rings is 2. The van der Waals surface area contributed by atoms with Gasteiger partial charge in [0.05, 0.1) is 4.90 Å². The van der Waals surface area contributed by atoms with Crippen molar-refractivity contribution in [3.63, 3.8) is 0 Å². The van der Waals surface area contributed by atoms with Gasteiger partial charge in [-0.3, -0.25) is 13.7 Å². The van der Waals surface area contributed by atoms with E-state index in [-0.39, 0.29) is 22.3 Å². The van der Waals surface area contributed by atoms with E-state index in [1.807, 2.05) is 0 Å². The molecule has 3 N–H and O–H groups in total. The van der Waals surface area contributed by atoms with Gasteiger partial charge in [0.1, 0.15) is 16.4 Å². The van der Waals surface area contributed by atoms with Gasteiger partial charge < -0.3 is 4.74 Å². The average Bonchev–Trinajstić information content (AvgIpc) is 2.89. The van der Waals surface area contributed by atoms with Crippen molar-refractivity contribution in [1.29, 1.82) is 0 Å². The van der Waals surface area contributed by atoms with Gasteiger partial charge >= 0.3 is 5.43 Å². The summed E-state index contributed by atoms with van der Waals surface area (Å²) in [7, 11) is -14.9. The van der Waals surface area contributed by atoms with Crippen LogP contribution in [0.1, 0.15) is 17.0 Å². The summed E-state index contributed by atoms with van der Waals surface area (Å²) in [4.78, 5) is 8.18. The van der Waals surface area contributed by atoms with Crippen LogP contribution in [0.4, 0.5) is 4.79 Å². The number of fused-ring (bicyclic) bond motifs is 3. The molecular formula is C15H11ClO11S3. The minimum Gasteiger partial charge on any atom is -0.453 e. The summed E-state index contributed by atoms with van der Waals surface area (Å²) in [6.45, 7) is -0.441. The van der Waals surface area contributed by atoms with Crippen LogP contribution in [0.5, 0.6) is 0 Å². The lowest BCUT2D eigenvalue weighted by atomic mass is 9.98. The maximum absolute atomic E-state index is 11.7. The maximum Gasteiger partial charge on any atom is 0.403 e. The monoisotopic (exact) mass is 498 g/mol. The van der Waals surface area contributed by atoms with Gasteiger partial charge in [-0.05, 0) is 46.5 Å². The number of rotatable bonds is 5. The Hall–Kier alpha value is -2.07. The van der Waals surface area contributed by atoms with Gasteiger partial charge in [0.2, 0.25) is 0 Å². The molecule has 0 saturated carbocycles. The molecule has 162 valence electrons. The molecular weight excluding hydrogens is 488 g/mol. The summed E-state index contributed by atoms with van der Waals surface area (Å²) in [5.74, 6) is -0.927. The van der Waals surface area contributed by atoms with E-state index in [9.17, 15) is 43.7 Å². The predicted molar refractivity (Wildman–Crippen MR) is 100 cm³/mol. The van der Waals surface area contributed by atoms with Crippen molar-refractivity contribution in [1.82, 2.24) is 0 Å². The molecule has 11 nitrogen and oxygen atoms in total. The molecule has 0 fully saturated rings. The molecule has 0 aromatic heterocycles. The Morgan fingerprint density at radius 3 is 1.87 bits per heavy atom. The Bertz CT molecular complexity index is 1390. The molecule has 1 unspecified atom stereocenters. The van der Waals surface area contributed by atoms with Crippen LogP contribution in [-0.2, 0) is 35.1 Å². The van der Waals surface area contributed by atoms with Gasteiger partial charge in [0, 0.05) is 17.5 Å². The van der Waals surface area contributed by atoms with Crippen molar-refractivity contribution in [2.24, 2.45) is 0 Å². The number of ether oxygens (including phenoxy) is 1. The van der Waals surface area contributed by atoms with Crippen LogP contribution < -0.4 is 0 Å². The van der Waals surface area contributed by atoms with Crippen molar-refractivity contribution >= 4 is 47.4 Å². The molecule has 2 aromatic carbocycles. The Kier molecular flexibility index (Phi) is 5.47. The van der Waals surface area contributed by atoms with E-state index in [0.717, 1.165) is 24.3 Å². The second-order valence-electron chi connectivity index (χ2n) is 6.16. The van der Waals surface area contributed by atoms with Crippen LogP contribution in [0.3, 0.4) is 0 Å². The zero-order valence-corrected chi connectivity index (χ0v) is 17.6. The van der Waals surface area contributed by atoms with Crippen LogP contribution in [0, 0.1) is 0 Å². The van der Waals surface area contributed by atoms with Crippen molar-refractivity contribution in [3.05, 3.63) is 41.5 Å². The Morgan fingerprint density at radius 1 is 0.833 bits per heavy atom. The number of hydrogen-bond acceptors (Lipinski definition) is 8. The number of carbonyl (C=O) groups excluding carboxylic acids is 1. The second kappa shape index (κ2) is 7.26. The van der Waals surface area contributed by atoms with E-state index >= 15 is 0 Å². The fourth-order valence-corrected chi connectivity index (χ4v) is 5.60. The first kappa shape index (κ1) is 22.6. The van der Waals surface area contributed by atoms with Crippen molar-refractivity contribution in [3.8, 4) is 11.1 Å². The molecule has 15 heteroatoms. The lowest BCUT2D eigenvalue weighted by Crippen LogP contribution is -2.12. The first-order valence-electron chi connectivity index (χ1n) is 7.67. The second-order valence-corrected chi connectivity index (χ2v) is 10.7. The highest BCUT2D eigenvalue weighted by Gasteiger charge is 2.35. The molecule has 3 rings (SSSR count). The third-order valence-corrected chi connectivity index (χ3v) is 7.27. The molecule has 1 aliphatic rings. The molecule has 1 aliphatic carbocycles. The Labute approximate surface area is 175 Å². The summed E-state index contributed by atoms with van der Waals surface area (Å²) in [6.07, 6.45) is 0. The van der Waals surface area contributed by atoms with E-state index in [0.29, 0.717) is 0 Å². The molecule has 30 heavy (non-hydrogen) atoms. The van der Waals surface area contributed by atoms with Crippen molar-refractivity contribution in [2.45, 2.75) is 20.6 Å². The van der Waals surface area contributed by atoms with Crippen molar-refractivity contribution < 1.29 is 48.4 Å². The number of hydrogen-bond donors (Lipinski definition) is 3. The quantitative estimate of drug-likeness (QED) is 0.403. The smallest absolute Gasteiger partial charge is 0.403 e. The lowest BCUT2D eigenvalue weighted by molar-refractivity contribution is 0.170. The molecule has 0 bridgehead atoms.